The lowest BCUT2D eigenvalue weighted by Crippen LogP contribution is -2.12. The first kappa shape index (κ1) is 11.8. The van der Waals surface area contributed by atoms with Crippen LogP contribution < -0.4 is 0 Å². The van der Waals surface area contributed by atoms with Crippen LogP contribution in [0.15, 0.2) is 24.4 Å². The van der Waals surface area contributed by atoms with Crippen LogP contribution in [0.1, 0.15) is 15.9 Å². The molecule has 3 aromatic heterocycles. The topological polar surface area (TPSA) is 43.6 Å². The number of carbonyl (C=O) groups excluding carboxylic acids is 1. The molecule has 0 unspecified atom stereocenters. The van der Waals surface area contributed by atoms with Crippen molar-refractivity contribution in [2.24, 2.45) is 0 Å². The molecule has 3 rings (SSSR count). The van der Waals surface area contributed by atoms with Gasteiger partial charge in [-0.25, -0.2) is 9.78 Å². The summed E-state index contributed by atoms with van der Waals surface area (Å²) in [6.07, 6.45) is -3.55. The number of carbonyl (C=O) groups is 1. The molecule has 0 saturated heterocycles. The highest BCUT2D eigenvalue weighted by molar-refractivity contribution is 6.03. The maximum atomic E-state index is 13.2. The van der Waals surface area contributed by atoms with Crippen LogP contribution in [0.5, 0.6) is 0 Å². The summed E-state index contributed by atoms with van der Waals surface area (Å²) in [7, 11) is 1.05. The van der Waals surface area contributed by atoms with E-state index in [4.69, 9.17) is 0 Å². The molecule has 19 heavy (non-hydrogen) atoms. The first-order valence-electron chi connectivity index (χ1n) is 5.32. The van der Waals surface area contributed by atoms with Crippen LogP contribution in [0, 0.1) is 0 Å². The molecule has 0 aliphatic rings. The Hall–Kier alpha value is -2.31. The van der Waals surface area contributed by atoms with Crippen molar-refractivity contribution in [3.8, 4) is 0 Å². The number of alkyl halides is 3. The molecule has 7 heteroatoms. The number of aromatic nitrogens is 2. The first-order chi connectivity index (χ1) is 8.95. The Bertz CT molecular complexity index is 776. The molecule has 0 radical (unpaired) electrons. The molecule has 98 valence electrons. The maximum Gasteiger partial charge on any atom is 0.419 e. The lowest BCUT2D eigenvalue weighted by molar-refractivity contribution is -0.136. The molecule has 0 aliphatic carbocycles. The molecular formula is C12H7F3N2O2. The summed E-state index contributed by atoms with van der Waals surface area (Å²) < 4.78 is 45.3. The number of rotatable bonds is 1. The van der Waals surface area contributed by atoms with Gasteiger partial charge in [0.1, 0.15) is 5.65 Å². The fraction of sp³-hybridized carbons (Fsp3) is 0.167. The van der Waals surface area contributed by atoms with E-state index in [-0.39, 0.29) is 11.0 Å². The predicted molar refractivity (Wildman–Crippen MR) is 60.2 cm³/mol. The highest BCUT2D eigenvalue weighted by Gasteiger charge is 2.41. The number of imidazole rings is 1. The average molecular weight is 268 g/mol. The van der Waals surface area contributed by atoms with Gasteiger partial charge in [0.05, 0.1) is 35.5 Å². The maximum absolute atomic E-state index is 13.2. The van der Waals surface area contributed by atoms with E-state index in [1.165, 1.54) is 10.5 Å². The summed E-state index contributed by atoms with van der Waals surface area (Å²) in [5, 5.41) is 0. The summed E-state index contributed by atoms with van der Waals surface area (Å²) in [5.74, 6) is -1.01. The van der Waals surface area contributed by atoms with Gasteiger partial charge >= 0.3 is 12.1 Å². The molecule has 0 saturated carbocycles. The van der Waals surface area contributed by atoms with Crippen molar-refractivity contribution in [1.82, 2.24) is 9.38 Å². The Morgan fingerprint density at radius 3 is 2.68 bits per heavy atom. The third kappa shape index (κ3) is 1.47. The Morgan fingerprint density at radius 2 is 2.05 bits per heavy atom. The minimum atomic E-state index is -4.65. The molecular weight excluding hydrogens is 261 g/mol. The Balaban J connectivity index is 2.53. The van der Waals surface area contributed by atoms with Gasteiger partial charge < -0.3 is 4.74 Å². The van der Waals surface area contributed by atoms with Crippen molar-refractivity contribution in [2.75, 3.05) is 7.11 Å². The average Bonchev–Trinajstić information content (AvgIpc) is 2.91. The standard InChI is InChI=1S/C12H7F3N2O2/c1-19-11(18)9-6-3-2-4-8-16-5-7(17(6)8)10(9)12(13,14)15/h2-5H,1H3. The number of pyridine rings is 1. The summed E-state index contributed by atoms with van der Waals surface area (Å²) >= 11 is 0. The van der Waals surface area contributed by atoms with Gasteiger partial charge in [-0.2, -0.15) is 13.2 Å². The van der Waals surface area contributed by atoms with Crippen molar-refractivity contribution in [2.45, 2.75) is 6.18 Å². The summed E-state index contributed by atoms with van der Waals surface area (Å²) in [5.41, 5.74) is -1.12. The van der Waals surface area contributed by atoms with Crippen LogP contribution in [0.3, 0.4) is 0 Å². The predicted octanol–water partition coefficient (Wildman–Crippen LogP) is 2.73. The second-order valence-electron chi connectivity index (χ2n) is 3.99. The zero-order valence-electron chi connectivity index (χ0n) is 9.65. The van der Waals surface area contributed by atoms with Crippen molar-refractivity contribution in [3.63, 3.8) is 0 Å². The van der Waals surface area contributed by atoms with E-state index in [9.17, 15) is 18.0 Å². The van der Waals surface area contributed by atoms with Crippen LogP contribution in [0.25, 0.3) is 16.7 Å². The molecule has 0 fully saturated rings. The Morgan fingerprint density at radius 1 is 1.32 bits per heavy atom. The smallest absolute Gasteiger partial charge is 0.419 e. The Kier molecular flexibility index (Phi) is 2.23. The molecule has 0 aromatic carbocycles. The molecule has 3 aromatic rings. The zero-order valence-corrected chi connectivity index (χ0v) is 9.65. The van der Waals surface area contributed by atoms with Gasteiger partial charge in [0.15, 0.2) is 0 Å². The normalized spacial score (nSPS) is 12.4. The third-order valence-electron chi connectivity index (χ3n) is 2.96. The first-order valence-corrected chi connectivity index (χ1v) is 5.32. The number of halogens is 3. The SMILES string of the molecule is COC(=O)c1c(C(F)(F)F)c2cnc3cccc1n32. The van der Waals surface area contributed by atoms with Crippen LogP contribution >= 0.6 is 0 Å². The number of hydrogen-bond donors (Lipinski definition) is 0. The quantitative estimate of drug-likeness (QED) is 0.637. The number of nitrogens with zero attached hydrogens (tertiary/aromatic N) is 2. The Labute approximate surface area is 104 Å². The van der Waals surface area contributed by atoms with E-state index in [2.05, 4.69) is 9.72 Å². The van der Waals surface area contributed by atoms with Crippen LogP contribution in [-0.4, -0.2) is 22.5 Å². The van der Waals surface area contributed by atoms with Crippen molar-refractivity contribution in [1.29, 1.82) is 0 Å². The fourth-order valence-electron chi connectivity index (χ4n) is 2.26. The van der Waals surface area contributed by atoms with Gasteiger partial charge in [-0.1, -0.05) is 6.07 Å². The highest BCUT2D eigenvalue weighted by Crippen LogP contribution is 2.40. The summed E-state index contributed by atoms with van der Waals surface area (Å²) in [6, 6.07) is 4.55. The second kappa shape index (κ2) is 3.59. The number of hydrogen-bond acceptors (Lipinski definition) is 3. The minimum absolute atomic E-state index is 0.140. The molecule has 0 atom stereocenters. The van der Waals surface area contributed by atoms with Gasteiger partial charge in [-0.15, -0.1) is 0 Å². The molecule has 0 aliphatic heterocycles. The lowest BCUT2D eigenvalue weighted by Gasteiger charge is -2.07. The molecule has 0 amide bonds. The molecule has 0 spiro atoms. The van der Waals surface area contributed by atoms with E-state index in [1.54, 1.807) is 12.1 Å². The minimum Gasteiger partial charge on any atom is -0.465 e. The summed E-state index contributed by atoms with van der Waals surface area (Å²) in [6.45, 7) is 0. The van der Waals surface area contributed by atoms with Gasteiger partial charge in [0.25, 0.3) is 0 Å². The van der Waals surface area contributed by atoms with Crippen LogP contribution in [0.2, 0.25) is 0 Å². The van der Waals surface area contributed by atoms with Gasteiger partial charge in [-0.3, -0.25) is 4.40 Å². The van der Waals surface area contributed by atoms with E-state index in [0.29, 0.717) is 5.65 Å². The van der Waals surface area contributed by atoms with Crippen LogP contribution in [0.4, 0.5) is 13.2 Å². The molecule has 0 bridgehead atoms. The summed E-state index contributed by atoms with van der Waals surface area (Å²) in [4.78, 5) is 15.6. The molecule has 4 nitrogen and oxygen atoms in total. The number of ether oxygens (including phenoxy) is 1. The van der Waals surface area contributed by atoms with Crippen molar-refractivity contribution in [3.05, 3.63) is 35.5 Å². The van der Waals surface area contributed by atoms with E-state index in [1.807, 2.05) is 0 Å². The number of methoxy groups -OCH3 is 1. The van der Waals surface area contributed by atoms with Crippen molar-refractivity contribution >= 4 is 22.6 Å². The largest absolute Gasteiger partial charge is 0.465 e. The third-order valence-corrected chi connectivity index (χ3v) is 2.96. The van der Waals surface area contributed by atoms with E-state index >= 15 is 0 Å². The zero-order chi connectivity index (χ0) is 13.8. The van der Waals surface area contributed by atoms with E-state index < -0.39 is 23.3 Å². The highest BCUT2D eigenvalue weighted by atomic mass is 19.4. The van der Waals surface area contributed by atoms with Gasteiger partial charge in [0, 0.05) is 0 Å². The fourth-order valence-corrected chi connectivity index (χ4v) is 2.26. The number of esters is 1. The lowest BCUT2D eigenvalue weighted by atomic mass is 10.1. The second-order valence-corrected chi connectivity index (χ2v) is 3.99. The molecule has 0 N–H and O–H groups in total. The van der Waals surface area contributed by atoms with Gasteiger partial charge in [0.2, 0.25) is 0 Å². The molecule has 3 heterocycles. The van der Waals surface area contributed by atoms with Gasteiger partial charge in [-0.05, 0) is 12.1 Å². The van der Waals surface area contributed by atoms with Crippen LogP contribution in [-0.2, 0) is 10.9 Å². The van der Waals surface area contributed by atoms with E-state index in [0.717, 1.165) is 13.3 Å². The van der Waals surface area contributed by atoms with Crippen molar-refractivity contribution < 1.29 is 22.7 Å². The monoisotopic (exact) mass is 268 g/mol.